The Morgan fingerprint density at radius 1 is 1.64 bits per heavy atom. The van der Waals surface area contributed by atoms with Gasteiger partial charge in [-0.15, -0.1) is 6.42 Å². The number of hydrogen-bond acceptors (Lipinski definition) is 2. The summed E-state index contributed by atoms with van der Waals surface area (Å²) in [6, 6.07) is 6.22. The summed E-state index contributed by atoms with van der Waals surface area (Å²) in [5, 5.41) is 8.70. The first-order chi connectivity index (χ1) is 6.63. The topological polar surface area (TPSA) is 46.5 Å². The first-order valence-corrected chi connectivity index (χ1v) is 4.09. The van der Waals surface area contributed by atoms with Crippen LogP contribution in [-0.4, -0.2) is 17.2 Å². The van der Waals surface area contributed by atoms with Gasteiger partial charge in [0.2, 0.25) is 0 Å². The van der Waals surface area contributed by atoms with Gasteiger partial charge in [0.15, 0.2) is 6.10 Å². The van der Waals surface area contributed by atoms with Gasteiger partial charge in [-0.05, 0) is 25.1 Å². The van der Waals surface area contributed by atoms with E-state index in [2.05, 4.69) is 5.92 Å². The number of aromatic carboxylic acids is 1. The minimum Gasteiger partial charge on any atom is -0.478 e. The third-order valence-corrected chi connectivity index (χ3v) is 1.63. The number of benzene rings is 1. The molecule has 0 aliphatic carbocycles. The smallest absolute Gasteiger partial charge is 0.335 e. The highest BCUT2D eigenvalue weighted by molar-refractivity contribution is 5.87. The molecule has 0 saturated heterocycles. The minimum atomic E-state index is -0.983. The van der Waals surface area contributed by atoms with Gasteiger partial charge in [-0.1, -0.05) is 12.0 Å². The molecule has 1 unspecified atom stereocenters. The van der Waals surface area contributed by atoms with E-state index in [1.807, 2.05) is 0 Å². The highest BCUT2D eigenvalue weighted by atomic mass is 16.5. The van der Waals surface area contributed by atoms with Gasteiger partial charge in [0, 0.05) is 0 Å². The number of terminal acetylenes is 1. The molecule has 1 aromatic rings. The zero-order valence-electron chi connectivity index (χ0n) is 7.73. The van der Waals surface area contributed by atoms with Crippen LogP contribution >= 0.6 is 0 Å². The van der Waals surface area contributed by atoms with Crippen molar-refractivity contribution < 1.29 is 14.6 Å². The van der Waals surface area contributed by atoms with Crippen molar-refractivity contribution in [2.45, 2.75) is 13.0 Å². The minimum absolute atomic E-state index is 0.187. The lowest BCUT2D eigenvalue weighted by Gasteiger charge is -2.08. The second-order valence-electron chi connectivity index (χ2n) is 2.76. The van der Waals surface area contributed by atoms with Crippen molar-refractivity contribution in [3.8, 4) is 18.1 Å². The molecule has 0 saturated carbocycles. The summed E-state index contributed by atoms with van der Waals surface area (Å²) in [6.45, 7) is 1.72. The molecular weight excluding hydrogens is 180 g/mol. The molecule has 0 spiro atoms. The van der Waals surface area contributed by atoms with Gasteiger partial charge in [0.25, 0.3) is 0 Å². The van der Waals surface area contributed by atoms with E-state index in [-0.39, 0.29) is 11.7 Å². The molecule has 0 bridgehead atoms. The summed E-state index contributed by atoms with van der Waals surface area (Å²) >= 11 is 0. The molecular formula is C11H10O3. The molecule has 3 nitrogen and oxygen atoms in total. The van der Waals surface area contributed by atoms with Crippen LogP contribution in [0.1, 0.15) is 17.3 Å². The average molecular weight is 190 g/mol. The van der Waals surface area contributed by atoms with Gasteiger partial charge in [0.1, 0.15) is 5.75 Å². The molecule has 1 rings (SSSR count). The van der Waals surface area contributed by atoms with E-state index in [0.29, 0.717) is 5.75 Å². The van der Waals surface area contributed by atoms with Crippen LogP contribution in [0.25, 0.3) is 0 Å². The predicted octanol–water partition coefficient (Wildman–Crippen LogP) is 1.79. The van der Waals surface area contributed by atoms with Crippen LogP contribution in [0.3, 0.4) is 0 Å². The molecule has 1 atom stereocenters. The number of carbonyl (C=O) groups is 1. The first kappa shape index (κ1) is 10.1. The highest BCUT2D eigenvalue weighted by Gasteiger charge is 2.05. The van der Waals surface area contributed by atoms with Crippen molar-refractivity contribution in [3.63, 3.8) is 0 Å². The Hall–Kier alpha value is -1.95. The van der Waals surface area contributed by atoms with Crippen molar-refractivity contribution in [1.82, 2.24) is 0 Å². The van der Waals surface area contributed by atoms with Crippen molar-refractivity contribution in [3.05, 3.63) is 29.8 Å². The van der Waals surface area contributed by atoms with Crippen LogP contribution in [0.4, 0.5) is 0 Å². The van der Waals surface area contributed by atoms with E-state index in [1.165, 1.54) is 12.1 Å². The van der Waals surface area contributed by atoms with Crippen molar-refractivity contribution in [1.29, 1.82) is 0 Å². The molecule has 0 aliphatic rings. The Kier molecular flexibility index (Phi) is 3.14. The van der Waals surface area contributed by atoms with E-state index in [9.17, 15) is 4.79 Å². The van der Waals surface area contributed by atoms with Crippen LogP contribution < -0.4 is 4.74 Å². The molecule has 0 aliphatic heterocycles. The van der Waals surface area contributed by atoms with Gasteiger partial charge in [0.05, 0.1) is 5.56 Å². The molecule has 3 heteroatoms. The molecule has 72 valence electrons. The summed E-state index contributed by atoms with van der Waals surface area (Å²) < 4.78 is 5.25. The summed E-state index contributed by atoms with van der Waals surface area (Å²) in [5.74, 6) is 1.88. The van der Waals surface area contributed by atoms with E-state index >= 15 is 0 Å². The van der Waals surface area contributed by atoms with Crippen LogP contribution in [-0.2, 0) is 0 Å². The molecule has 0 amide bonds. The Balaban J connectivity index is 2.85. The summed E-state index contributed by atoms with van der Waals surface area (Å²) in [7, 11) is 0. The second-order valence-corrected chi connectivity index (χ2v) is 2.76. The molecule has 1 aromatic carbocycles. The third kappa shape index (κ3) is 2.53. The van der Waals surface area contributed by atoms with Crippen molar-refractivity contribution in [2.24, 2.45) is 0 Å². The van der Waals surface area contributed by atoms with Gasteiger partial charge in [-0.3, -0.25) is 0 Å². The maximum Gasteiger partial charge on any atom is 0.335 e. The Morgan fingerprint density at radius 3 is 2.93 bits per heavy atom. The standard InChI is InChI=1S/C11H10O3/c1-3-8(2)14-10-6-4-5-9(7-10)11(12)13/h1,4-8H,2H3,(H,12,13). The lowest BCUT2D eigenvalue weighted by Crippen LogP contribution is -2.08. The number of rotatable bonds is 3. The van der Waals surface area contributed by atoms with Gasteiger partial charge < -0.3 is 9.84 Å². The molecule has 1 N–H and O–H groups in total. The van der Waals surface area contributed by atoms with Crippen LogP contribution in [0, 0.1) is 12.3 Å². The number of carboxylic acid groups (broad SMARTS) is 1. The van der Waals surface area contributed by atoms with Crippen molar-refractivity contribution in [2.75, 3.05) is 0 Å². The number of ether oxygens (including phenoxy) is 1. The maximum absolute atomic E-state index is 10.6. The van der Waals surface area contributed by atoms with Crippen LogP contribution in [0.2, 0.25) is 0 Å². The van der Waals surface area contributed by atoms with Crippen molar-refractivity contribution >= 4 is 5.97 Å². The van der Waals surface area contributed by atoms with E-state index in [1.54, 1.807) is 19.1 Å². The molecule has 0 radical (unpaired) electrons. The quantitative estimate of drug-likeness (QED) is 0.739. The fourth-order valence-corrected chi connectivity index (χ4v) is 0.941. The summed E-state index contributed by atoms with van der Waals surface area (Å²) in [6.07, 6.45) is 4.76. The Labute approximate surface area is 82.3 Å². The van der Waals surface area contributed by atoms with Crippen LogP contribution in [0.5, 0.6) is 5.75 Å². The predicted molar refractivity (Wildman–Crippen MR) is 52.3 cm³/mol. The monoisotopic (exact) mass is 190 g/mol. The number of carboxylic acids is 1. The Bertz CT molecular complexity index is 376. The Morgan fingerprint density at radius 2 is 2.36 bits per heavy atom. The molecule has 0 fully saturated rings. The van der Waals surface area contributed by atoms with Crippen LogP contribution in [0.15, 0.2) is 24.3 Å². The van der Waals surface area contributed by atoms with Gasteiger partial charge in [-0.25, -0.2) is 4.79 Å². The van der Waals surface area contributed by atoms with Gasteiger partial charge >= 0.3 is 5.97 Å². The van der Waals surface area contributed by atoms with Gasteiger partial charge in [-0.2, -0.15) is 0 Å². The molecule has 14 heavy (non-hydrogen) atoms. The van der Waals surface area contributed by atoms with E-state index in [0.717, 1.165) is 0 Å². The normalized spacial score (nSPS) is 11.4. The fourth-order valence-electron chi connectivity index (χ4n) is 0.941. The molecule has 0 aromatic heterocycles. The zero-order valence-corrected chi connectivity index (χ0v) is 7.73. The third-order valence-electron chi connectivity index (χ3n) is 1.63. The van der Waals surface area contributed by atoms with E-state index < -0.39 is 5.97 Å². The van der Waals surface area contributed by atoms with E-state index in [4.69, 9.17) is 16.3 Å². The average Bonchev–Trinajstić information content (AvgIpc) is 2.18. The lowest BCUT2D eigenvalue weighted by atomic mass is 10.2. The highest BCUT2D eigenvalue weighted by Crippen LogP contribution is 2.14. The summed E-state index contributed by atoms with van der Waals surface area (Å²) in [5.41, 5.74) is 0.187. The maximum atomic E-state index is 10.6. The SMILES string of the molecule is C#CC(C)Oc1cccc(C(=O)O)c1. The fraction of sp³-hybridized carbons (Fsp3) is 0.182. The lowest BCUT2D eigenvalue weighted by molar-refractivity contribution is 0.0696. The first-order valence-electron chi connectivity index (χ1n) is 4.09. The summed E-state index contributed by atoms with van der Waals surface area (Å²) in [4.78, 5) is 10.6. The largest absolute Gasteiger partial charge is 0.478 e. The zero-order chi connectivity index (χ0) is 10.6. The number of hydrogen-bond donors (Lipinski definition) is 1. The molecule has 0 heterocycles. The second kappa shape index (κ2) is 4.33.